The van der Waals surface area contributed by atoms with E-state index in [-0.39, 0.29) is 10.6 Å². The molecule has 1 atom stereocenters. The number of likely N-dealkylation sites (N-methyl/N-ethyl adjacent to an activating group) is 1. The third-order valence-corrected chi connectivity index (χ3v) is 3.49. The molecule has 1 aliphatic heterocycles. The minimum Gasteiger partial charge on any atom is -0.383 e. The Hall–Kier alpha value is -1.66. The fourth-order valence-corrected chi connectivity index (χ4v) is 2.33. The fraction of sp³-hybridized carbons (Fsp3) is 0.538. The first-order valence-corrected chi connectivity index (χ1v) is 6.35. The summed E-state index contributed by atoms with van der Waals surface area (Å²) in [5.41, 5.74) is 1.72. The van der Waals surface area contributed by atoms with Crippen molar-refractivity contribution in [1.29, 1.82) is 0 Å². The van der Waals surface area contributed by atoms with Crippen LogP contribution in [0.4, 0.5) is 11.4 Å². The van der Waals surface area contributed by atoms with E-state index in [1.807, 2.05) is 12.1 Å². The van der Waals surface area contributed by atoms with Crippen LogP contribution in [-0.2, 0) is 11.3 Å². The predicted molar refractivity (Wildman–Crippen MR) is 73.3 cm³/mol. The summed E-state index contributed by atoms with van der Waals surface area (Å²) in [5.74, 6) is 0. The molecule has 104 valence electrons. The van der Waals surface area contributed by atoms with Gasteiger partial charge >= 0.3 is 0 Å². The topological polar surface area (TPSA) is 67.6 Å². The number of rotatable bonds is 5. The average molecular weight is 265 g/mol. The lowest BCUT2D eigenvalue weighted by atomic mass is 10.1. The highest BCUT2D eigenvalue weighted by Crippen LogP contribution is 2.26. The molecule has 6 heteroatoms. The van der Waals surface area contributed by atoms with Gasteiger partial charge < -0.3 is 10.1 Å². The van der Waals surface area contributed by atoms with Crippen molar-refractivity contribution in [3.8, 4) is 0 Å². The van der Waals surface area contributed by atoms with E-state index in [0.717, 1.165) is 31.7 Å². The lowest BCUT2D eigenvalue weighted by molar-refractivity contribution is -0.384. The summed E-state index contributed by atoms with van der Waals surface area (Å²) in [4.78, 5) is 12.7. The SMILES string of the molecule is CNc1cc(CN(C)C2CCOC2)ccc1[N+](=O)[O-]. The highest BCUT2D eigenvalue weighted by Gasteiger charge is 2.21. The number of ether oxygens (including phenoxy) is 1. The van der Waals surface area contributed by atoms with Crippen molar-refractivity contribution in [1.82, 2.24) is 4.90 Å². The first-order valence-electron chi connectivity index (χ1n) is 6.35. The zero-order valence-corrected chi connectivity index (χ0v) is 11.3. The Morgan fingerprint density at radius 1 is 1.58 bits per heavy atom. The second-order valence-electron chi connectivity index (χ2n) is 4.79. The highest BCUT2D eigenvalue weighted by molar-refractivity contribution is 5.62. The quantitative estimate of drug-likeness (QED) is 0.650. The van der Waals surface area contributed by atoms with Gasteiger partial charge in [-0.1, -0.05) is 6.07 Å². The number of nitro groups is 1. The second kappa shape index (κ2) is 5.99. The normalized spacial score (nSPS) is 18.8. The maximum atomic E-state index is 10.9. The molecule has 19 heavy (non-hydrogen) atoms. The van der Waals surface area contributed by atoms with E-state index in [1.165, 1.54) is 0 Å². The van der Waals surface area contributed by atoms with Crippen LogP contribution in [0.3, 0.4) is 0 Å². The van der Waals surface area contributed by atoms with Gasteiger partial charge in [0.15, 0.2) is 0 Å². The van der Waals surface area contributed by atoms with Crippen molar-refractivity contribution < 1.29 is 9.66 Å². The minimum absolute atomic E-state index is 0.109. The molecule has 1 aromatic carbocycles. The molecule has 1 saturated heterocycles. The van der Waals surface area contributed by atoms with Gasteiger partial charge in [-0.25, -0.2) is 0 Å². The molecule has 2 rings (SSSR count). The second-order valence-corrected chi connectivity index (χ2v) is 4.79. The summed E-state index contributed by atoms with van der Waals surface area (Å²) in [6.07, 6.45) is 1.04. The maximum Gasteiger partial charge on any atom is 0.292 e. The van der Waals surface area contributed by atoms with Crippen LogP contribution < -0.4 is 5.32 Å². The number of benzene rings is 1. The van der Waals surface area contributed by atoms with Crippen molar-refractivity contribution in [3.63, 3.8) is 0 Å². The summed E-state index contributed by atoms with van der Waals surface area (Å²) in [5, 5.41) is 13.7. The molecule has 0 bridgehead atoms. The first-order chi connectivity index (χ1) is 9.11. The Bertz CT molecular complexity index is 458. The molecule has 0 saturated carbocycles. The number of nitrogens with zero attached hydrogens (tertiary/aromatic N) is 2. The van der Waals surface area contributed by atoms with Gasteiger partial charge in [0.1, 0.15) is 5.69 Å². The predicted octanol–water partition coefficient (Wildman–Crippen LogP) is 1.86. The van der Waals surface area contributed by atoms with Gasteiger partial charge in [0, 0.05) is 32.3 Å². The van der Waals surface area contributed by atoms with Crippen molar-refractivity contribution >= 4 is 11.4 Å². The van der Waals surface area contributed by atoms with E-state index in [9.17, 15) is 10.1 Å². The molecule has 0 radical (unpaired) electrons. The molecule has 1 aromatic rings. The average Bonchev–Trinajstić information content (AvgIpc) is 2.92. The summed E-state index contributed by atoms with van der Waals surface area (Å²) >= 11 is 0. The van der Waals surface area contributed by atoms with Crippen LogP contribution in [0.5, 0.6) is 0 Å². The molecule has 1 fully saturated rings. The number of anilines is 1. The lowest BCUT2D eigenvalue weighted by Gasteiger charge is -2.23. The van der Waals surface area contributed by atoms with E-state index in [1.54, 1.807) is 13.1 Å². The zero-order valence-electron chi connectivity index (χ0n) is 11.3. The van der Waals surface area contributed by atoms with E-state index in [2.05, 4.69) is 17.3 Å². The van der Waals surface area contributed by atoms with Crippen LogP contribution in [0.15, 0.2) is 18.2 Å². The van der Waals surface area contributed by atoms with E-state index in [4.69, 9.17) is 4.74 Å². The Morgan fingerprint density at radius 3 is 2.95 bits per heavy atom. The number of hydrogen-bond acceptors (Lipinski definition) is 5. The van der Waals surface area contributed by atoms with Crippen LogP contribution >= 0.6 is 0 Å². The number of nitrogens with one attached hydrogen (secondary N) is 1. The molecule has 1 aliphatic rings. The monoisotopic (exact) mass is 265 g/mol. The molecule has 6 nitrogen and oxygen atoms in total. The zero-order chi connectivity index (χ0) is 13.8. The van der Waals surface area contributed by atoms with E-state index in [0.29, 0.717) is 11.7 Å². The fourth-order valence-electron chi connectivity index (χ4n) is 2.33. The molecular weight excluding hydrogens is 246 g/mol. The summed E-state index contributed by atoms with van der Waals surface area (Å²) in [6.45, 7) is 2.35. The Labute approximate surface area is 112 Å². The minimum atomic E-state index is -0.371. The number of hydrogen-bond donors (Lipinski definition) is 1. The first kappa shape index (κ1) is 13.8. The van der Waals surface area contributed by atoms with Gasteiger partial charge in [-0.05, 0) is 25.1 Å². The third kappa shape index (κ3) is 3.21. The van der Waals surface area contributed by atoms with Gasteiger partial charge in [0.2, 0.25) is 0 Å². The van der Waals surface area contributed by atoms with Gasteiger partial charge in [-0.2, -0.15) is 0 Å². The molecule has 1 N–H and O–H groups in total. The van der Waals surface area contributed by atoms with Crippen LogP contribution in [0.1, 0.15) is 12.0 Å². The largest absolute Gasteiger partial charge is 0.383 e. The molecule has 1 heterocycles. The Kier molecular flexibility index (Phi) is 4.34. The molecule has 0 amide bonds. The van der Waals surface area contributed by atoms with Crippen molar-refractivity contribution in [2.75, 3.05) is 32.6 Å². The molecule has 0 spiro atoms. The number of nitro benzene ring substituents is 1. The summed E-state index contributed by atoms with van der Waals surface area (Å²) in [7, 11) is 3.75. The van der Waals surface area contributed by atoms with Crippen LogP contribution in [0, 0.1) is 10.1 Å². The van der Waals surface area contributed by atoms with Gasteiger partial charge in [0.05, 0.1) is 11.5 Å². The smallest absolute Gasteiger partial charge is 0.292 e. The van der Waals surface area contributed by atoms with Gasteiger partial charge in [0.25, 0.3) is 5.69 Å². The molecule has 0 aromatic heterocycles. The Morgan fingerprint density at radius 2 is 2.37 bits per heavy atom. The van der Waals surface area contributed by atoms with Gasteiger partial charge in [-0.3, -0.25) is 15.0 Å². The third-order valence-electron chi connectivity index (χ3n) is 3.49. The van der Waals surface area contributed by atoms with E-state index >= 15 is 0 Å². The lowest BCUT2D eigenvalue weighted by Crippen LogP contribution is -2.31. The Balaban J connectivity index is 2.10. The van der Waals surface area contributed by atoms with Crippen molar-refractivity contribution in [2.45, 2.75) is 19.0 Å². The maximum absolute atomic E-state index is 10.9. The van der Waals surface area contributed by atoms with Crippen molar-refractivity contribution in [3.05, 3.63) is 33.9 Å². The van der Waals surface area contributed by atoms with Crippen LogP contribution in [0.25, 0.3) is 0 Å². The molecule has 0 aliphatic carbocycles. The standard InChI is InChI=1S/C13H19N3O3/c1-14-12-7-10(3-4-13(12)16(17)18)8-15(2)11-5-6-19-9-11/h3-4,7,11,14H,5-6,8-9H2,1-2H3. The highest BCUT2D eigenvalue weighted by atomic mass is 16.6. The molecular formula is C13H19N3O3. The van der Waals surface area contributed by atoms with Crippen LogP contribution in [0.2, 0.25) is 0 Å². The van der Waals surface area contributed by atoms with E-state index < -0.39 is 0 Å². The summed E-state index contributed by atoms with van der Waals surface area (Å²) in [6, 6.07) is 5.64. The summed E-state index contributed by atoms with van der Waals surface area (Å²) < 4.78 is 5.37. The van der Waals surface area contributed by atoms with Crippen LogP contribution in [-0.4, -0.2) is 43.2 Å². The van der Waals surface area contributed by atoms with Gasteiger partial charge in [-0.15, -0.1) is 0 Å². The molecule has 1 unspecified atom stereocenters. The van der Waals surface area contributed by atoms with Crippen molar-refractivity contribution in [2.24, 2.45) is 0 Å².